The van der Waals surface area contributed by atoms with Crippen molar-refractivity contribution in [1.29, 1.82) is 0 Å². The minimum atomic E-state index is -0.517. The van der Waals surface area contributed by atoms with Crippen molar-refractivity contribution in [3.8, 4) is 0 Å². The molecule has 0 saturated heterocycles. The summed E-state index contributed by atoms with van der Waals surface area (Å²) in [5.74, 6) is -0.531. The van der Waals surface area contributed by atoms with Crippen LogP contribution in [-0.2, 0) is 4.79 Å². The first kappa shape index (κ1) is 19.8. The number of carbonyl (C=O) groups excluding carboxylic acids is 2. The number of nitro groups is 1. The largest absolute Gasteiger partial charge is 0.326 e. The molecule has 0 aliphatic heterocycles. The van der Waals surface area contributed by atoms with Crippen molar-refractivity contribution in [2.75, 3.05) is 5.32 Å². The highest BCUT2D eigenvalue weighted by Gasteiger charge is 2.10. The lowest BCUT2D eigenvalue weighted by Gasteiger charge is -2.06. The van der Waals surface area contributed by atoms with E-state index in [4.69, 9.17) is 0 Å². The van der Waals surface area contributed by atoms with Gasteiger partial charge in [0.25, 0.3) is 11.6 Å². The molecule has 0 unspecified atom stereocenters. The smallest absolute Gasteiger partial charge is 0.278 e. The molecule has 2 rings (SSSR count). The molecule has 140 valence electrons. The van der Waals surface area contributed by atoms with Gasteiger partial charge < -0.3 is 5.32 Å². The Morgan fingerprint density at radius 3 is 2.52 bits per heavy atom. The summed E-state index contributed by atoms with van der Waals surface area (Å²) in [5, 5.41) is 17.5. The predicted molar refractivity (Wildman–Crippen MR) is 103 cm³/mol. The second kappa shape index (κ2) is 9.81. The summed E-state index contributed by atoms with van der Waals surface area (Å²) >= 11 is 0. The number of unbranched alkanes of at least 4 members (excludes halogenated alkanes) is 1. The summed E-state index contributed by atoms with van der Waals surface area (Å²) < 4.78 is 0. The van der Waals surface area contributed by atoms with Crippen molar-refractivity contribution in [3.05, 3.63) is 69.8 Å². The lowest BCUT2D eigenvalue weighted by atomic mass is 10.2. The molecule has 2 N–H and O–H groups in total. The number of rotatable bonds is 8. The summed E-state index contributed by atoms with van der Waals surface area (Å²) in [6, 6.07) is 12.5. The second-order valence-corrected chi connectivity index (χ2v) is 5.74. The summed E-state index contributed by atoms with van der Waals surface area (Å²) in [6.45, 7) is 2.01. The standard InChI is InChI=1S/C19H20N4O4/c1-2-3-8-18(24)21-16-11-9-14(10-12-16)19(25)22-20-13-15-6-4-5-7-17(15)23(26)27/h4-7,9-13H,2-3,8H2,1H3,(H,21,24)(H,22,25). The van der Waals surface area contributed by atoms with E-state index < -0.39 is 10.8 Å². The fourth-order valence-corrected chi connectivity index (χ4v) is 2.25. The number of nitrogens with zero attached hydrogens (tertiary/aromatic N) is 2. The summed E-state index contributed by atoms with van der Waals surface area (Å²) in [6.07, 6.45) is 3.44. The van der Waals surface area contributed by atoms with Gasteiger partial charge in [0.05, 0.1) is 16.7 Å². The number of nitrogens with one attached hydrogen (secondary N) is 2. The molecule has 0 aliphatic carbocycles. The van der Waals surface area contributed by atoms with Gasteiger partial charge in [0.1, 0.15) is 0 Å². The highest BCUT2D eigenvalue weighted by atomic mass is 16.6. The van der Waals surface area contributed by atoms with Crippen molar-refractivity contribution in [2.24, 2.45) is 5.10 Å². The van der Waals surface area contributed by atoms with Crippen LogP contribution in [0.3, 0.4) is 0 Å². The monoisotopic (exact) mass is 368 g/mol. The Kier molecular flexibility index (Phi) is 7.18. The lowest BCUT2D eigenvalue weighted by Crippen LogP contribution is -2.18. The predicted octanol–water partition coefficient (Wildman–Crippen LogP) is 3.49. The van der Waals surface area contributed by atoms with Crippen LogP contribution in [0.1, 0.15) is 42.1 Å². The summed E-state index contributed by atoms with van der Waals surface area (Å²) in [5.41, 5.74) is 3.46. The summed E-state index contributed by atoms with van der Waals surface area (Å²) in [7, 11) is 0. The van der Waals surface area contributed by atoms with Crippen LogP contribution in [0.5, 0.6) is 0 Å². The minimum absolute atomic E-state index is 0.0666. The third-order valence-corrected chi connectivity index (χ3v) is 3.69. The second-order valence-electron chi connectivity index (χ2n) is 5.74. The zero-order chi connectivity index (χ0) is 19.6. The minimum Gasteiger partial charge on any atom is -0.326 e. The Morgan fingerprint density at radius 2 is 1.85 bits per heavy atom. The SMILES string of the molecule is CCCCC(=O)Nc1ccc(C(=O)NN=Cc2ccccc2[N+](=O)[O-])cc1. The molecule has 0 aliphatic rings. The number of carbonyl (C=O) groups is 2. The normalized spacial score (nSPS) is 10.6. The number of nitro benzene ring substituents is 1. The van der Waals surface area contributed by atoms with Gasteiger partial charge in [0.2, 0.25) is 5.91 Å². The number of hydrazone groups is 1. The zero-order valence-electron chi connectivity index (χ0n) is 14.8. The van der Waals surface area contributed by atoms with Crippen LogP contribution in [0, 0.1) is 10.1 Å². The van der Waals surface area contributed by atoms with Gasteiger partial charge in [0, 0.05) is 23.7 Å². The van der Waals surface area contributed by atoms with Crippen molar-refractivity contribution >= 4 is 29.4 Å². The van der Waals surface area contributed by atoms with Crippen molar-refractivity contribution in [3.63, 3.8) is 0 Å². The Labute approximate surface area is 156 Å². The van der Waals surface area contributed by atoms with Crippen LogP contribution in [0.2, 0.25) is 0 Å². The van der Waals surface area contributed by atoms with Crippen LogP contribution in [0.25, 0.3) is 0 Å². The van der Waals surface area contributed by atoms with E-state index >= 15 is 0 Å². The molecule has 0 atom stereocenters. The van der Waals surface area contributed by atoms with E-state index in [2.05, 4.69) is 15.8 Å². The fourth-order valence-electron chi connectivity index (χ4n) is 2.25. The van der Waals surface area contributed by atoms with E-state index in [0.29, 0.717) is 17.7 Å². The van der Waals surface area contributed by atoms with E-state index in [1.807, 2.05) is 6.92 Å². The molecule has 2 aromatic carbocycles. The van der Waals surface area contributed by atoms with Gasteiger partial charge in [-0.2, -0.15) is 5.10 Å². The van der Waals surface area contributed by atoms with Crippen molar-refractivity contribution < 1.29 is 14.5 Å². The highest BCUT2D eigenvalue weighted by molar-refractivity contribution is 5.96. The van der Waals surface area contributed by atoms with Crippen LogP contribution < -0.4 is 10.7 Å². The van der Waals surface area contributed by atoms with Gasteiger partial charge >= 0.3 is 0 Å². The first-order chi connectivity index (χ1) is 13.0. The average Bonchev–Trinajstić information content (AvgIpc) is 2.67. The summed E-state index contributed by atoms with van der Waals surface area (Å²) in [4.78, 5) is 34.2. The molecule has 8 heteroatoms. The molecular weight excluding hydrogens is 348 g/mol. The first-order valence-electron chi connectivity index (χ1n) is 8.48. The highest BCUT2D eigenvalue weighted by Crippen LogP contribution is 2.15. The number of hydrogen-bond acceptors (Lipinski definition) is 5. The maximum Gasteiger partial charge on any atom is 0.278 e. The number of amides is 2. The molecule has 0 heterocycles. The molecule has 2 aromatic rings. The van der Waals surface area contributed by atoms with E-state index in [9.17, 15) is 19.7 Å². The van der Waals surface area contributed by atoms with Gasteiger partial charge in [-0.1, -0.05) is 25.5 Å². The van der Waals surface area contributed by atoms with Gasteiger partial charge in [-0.15, -0.1) is 0 Å². The first-order valence-corrected chi connectivity index (χ1v) is 8.48. The van der Waals surface area contributed by atoms with E-state index in [-0.39, 0.29) is 17.2 Å². The van der Waals surface area contributed by atoms with E-state index in [0.717, 1.165) is 12.8 Å². The number of anilines is 1. The lowest BCUT2D eigenvalue weighted by molar-refractivity contribution is -0.385. The topological polar surface area (TPSA) is 114 Å². The van der Waals surface area contributed by atoms with Gasteiger partial charge in [0.15, 0.2) is 0 Å². The third kappa shape index (κ3) is 6.03. The van der Waals surface area contributed by atoms with Crippen LogP contribution in [0.15, 0.2) is 53.6 Å². The maximum absolute atomic E-state index is 12.1. The third-order valence-electron chi connectivity index (χ3n) is 3.69. The van der Waals surface area contributed by atoms with Gasteiger partial charge in [-0.3, -0.25) is 19.7 Å². The molecule has 0 aromatic heterocycles. The Morgan fingerprint density at radius 1 is 1.15 bits per heavy atom. The van der Waals surface area contributed by atoms with Gasteiger partial charge in [-0.05, 0) is 36.8 Å². The quantitative estimate of drug-likeness (QED) is 0.422. The van der Waals surface area contributed by atoms with E-state index in [1.165, 1.54) is 18.3 Å². The van der Waals surface area contributed by atoms with E-state index in [1.54, 1.807) is 36.4 Å². The van der Waals surface area contributed by atoms with Crippen LogP contribution >= 0.6 is 0 Å². The van der Waals surface area contributed by atoms with Crippen LogP contribution in [0.4, 0.5) is 11.4 Å². The molecule has 27 heavy (non-hydrogen) atoms. The van der Waals surface area contributed by atoms with Crippen molar-refractivity contribution in [1.82, 2.24) is 5.43 Å². The molecule has 8 nitrogen and oxygen atoms in total. The number of hydrogen-bond donors (Lipinski definition) is 2. The molecule has 0 bridgehead atoms. The molecule has 0 fully saturated rings. The van der Waals surface area contributed by atoms with Crippen molar-refractivity contribution in [2.45, 2.75) is 26.2 Å². The molecule has 0 radical (unpaired) electrons. The number of para-hydroxylation sites is 1. The Hall–Kier alpha value is -3.55. The maximum atomic E-state index is 12.1. The zero-order valence-corrected chi connectivity index (χ0v) is 14.8. The molecular formula is C19H20N4O4. The molecule has 2 amide bonds. The average molecular weight is 368 g/mol. The Bertz CT molecular complexity index is 847. The van der Waals surface area contributed by atoms with Gasteiger partial charge in [-0.25, -0.2) is 5.43 Å². The molecule has 0 saturated carbocycles. The number of benzene rings is 2. The Balaban J connectivity index is 1.95. The molecule has 0 spiro atoms. The fraction of sp³-hybridized carbons (Fsp3) is 0.211. The van der Waals surface area contributed by atoms with Crippen LogP contribution in [-0.4, -0.2) is 23.0 Å².